The van der Waals surface area contributed by atoms with E-state index in [0.29, 0.717) is 18.0 Å². The number of aliphatic carboxylic acids is 1. The first kappa shape index (κ1) is 15.2. The number of carboxylic acids is 1. The lowest BCUT2D eigenvalue weighted by Crippen LogP contribution is -2.26. The minimum atomic E-state index is -0.931. The number of methoxy groups -OCH3 is 2. The van der Waals surface area contributed by atoms with Crippen LogP contribution in [0, 0.1) is 11.8 Å². The van der Waals surface area contributed by atoms with Gasteiger partial charge >= 0.3 is 5.97 Å². The maximum absolute atomic E-state index is 12.1. The van der Waals surface area contributed by atoms with Crippen LogP contribution in [-0.2, 0) is 16.1 Å². The normalized spacial score (nSPS) is 21.5. The van der Waals surface area contributed by atoms with Crippen LogP contribution in [0.4, 0.5) is 0 Å². The molecule has 1 N–H and O–H groups in total. The van der Waals surface area contributed by atoms with Gasteiger partial charge in [-0.1, -0.05) is 6.92 Å². The van der Waals surface area contributed by atoms with E-state index in [1.807, 2.05) is 6.07 Å². The Labute approximate surface area is 123 Å². The number of nitrogens with zero attached hydrogens (tertiary/aromatic N) is 1. The van der Waals surface area contributed by atoms with Crippen LogP contribution in [0.1, 0.15) is 12.5 Å². The zero-order valence-corrected chi connectivity index (χ0v) is 12.3. The molecule has 1 aromatic carbocycles. The molecule has 0 spiro atoms. The van der Waals surface area contributed by atoms with Crippen LogP contribution in [0.2, 0.25) is 0 Å². The molecule has 1 aliphatic heterocycles. The van der Waals surface area contributed by atoms with Crippen LogP contribution in [0.5, 0.6) is 11.5 Å². The highest BCUT2D eigenvalue weighted by Crippen LogP contribution is 2.30. The first-order valence-corrected chi connectivity index (χ1v) is 6.70. The molecule has 2 atom stereocenters. The van der Waals surface area contributed by atoms with Gasteiger partial charge in [0.1, 0.15) is 11.5 Å². The lowest BCUT2D eigenvalue weighted by molar-refractivity contribution is -0.143. The molecule has 0 unspecified atom stereocenters. The molecule has 1 aromatic rings. The van der Waals surface area contributed by atoms with Gasteiger partial charge in [-0.05, 0) is 12.1 Å². The number of ether oxygens (including phenoxy) is 2. The molecular formula is C15H19NO5. The van der Waals surface area contributed by atoms with Crippen molar-refractivity contribution in [3.8, 4) is 11.5 Å². The highest BCUT2D eigenvalue weighted by Gasteiger charge is 2.41. The molecule has 0 bridgehead atoms. The van der Waals surface area contributed by atoms with E-state index in [4.69, 9.17) is 14.6 Å². The minimum Gasteiger partial charge on any atom is -0.497 e. The van der Waals surface area contributed by atoms with Crippen LogP contribution < -0.4 is 9.47 Å². The second kappa shape index (κ2) is 6.03. The summed E-state index contributed by atoms with van der Waals surface area (Å²) in [7, 11) is 3.12. The fourth-order valence-electron chi connectivity index (χ4n) is 2.57. The van der Waals surface area contributed by atoms with Gasteiger partial charge in [-0.15, -0.1) is 0 Å². The van der Waals surface area contributed by atoms with E-state index in [2.05, 4.69) is 0 Å². The Balaban J connectivity index is 2.19. The summed E-state index contributed by atoms with van der Waals surface area (Å²) in [5.41, 5.74) is 0.824. The average molecular weight is 293 g/mol. The van der Waals surface area contributed by atoms with Gasteiger partial charge in [-0.2, -0.15) is 0 Å². The minimum absolute atomic E-state index is 0.139. The number of benzene rings is 1. The average Bonchev–Trinajstić information content (AvgIpc) is 2.76. The number of carbonyl (C=O) groups excluding carboxylic acids is 1. The third kappa shape index (κ3) is 2.94. The van der Waals surface area contributed by atoms with Crippen LogP contribution >= 0.6 is 0 Å². The zero-order chi connectivity index (χ0) is 15.6. The van der Waals surface area contributed by atoms with Gasteiger partial charge in [0.15, 0.2) is 0 Å². The smallest absolute Gasteiger partial charge is 0.309 e. The van der Waals surface area contributed by atoms with Crippen molar-refractivity contribution in [2.45, 2.75) is 13.5 Å². The molecule has 0 saturated carbocycles. The van der Waals surface area contributed by atoms with Crippen LogP contribution in [0.25, 0.3) is 0 Å². The van der Waals surface area contributed by atoms with E-state index >= 15 is 0 Å². The van der Waals surface area contributed by atoms with Gasteiger partial charge in [0.25, 0.3) is 0 Å². The molecule has 1 heterocycles. The second-order valence-electron chi connectivity index (χ2n) is 5.13. The molecule has 1 saturated heterocycles. The highest BCUT2D eigenvalue weighted by atomic mass is 16.5. The van der Waals surface area contributed by atoms with Gasteiger partial charge in [0, 0.05) is 24.7 Å². The number of likely N-dealkylation sites (tertiary alicyclic amines) is 1. The van der Waals surface area contributed by atoms with Gasteiger partial charge in [0.2, 0.25) is 5.91 Å². The van der Waals surface area contributed by atoms with E-state index in [9.17, 15) is 9.59 Å². The van der Waals surface area contributed by atoms with Crippen molar-refractivity contribution in [2.75, 3.05) is 20.8 Å². The SMILES string of the molecule is COc1ccc(CN2C[C@@H](C(=O)O)[C@H](C)C2=O)c(OC)c1. The van der Waals surface area contributed by atoms with E-state index in [1.165, 1.54) is 0 Å². The molecule has 1 amide bonds. The number of hydrogen-bond donors (Lipinski definition) is 1. The van der Waals surface area contributed by atoms with Crippen molar-refractivity contribution in [2.24, 2.45) is 11.8 Å². The van der Waals surface area contributed by atoms with Crippen molar-refractivity contribution in [3.05, 3.63) is 23.8 Å². The Morgan fingerprint density at radius 1 is 1.38 bits per heavy atom. The van der Waals surface area contributed by atoms with Gasteiger partial charge in [-0.25, -0.2) is 0 Å². The molecule has 21 heavy (non-hydrogen) atoms. The number of amides is 1. The molecule has 0 radical (unpaired) electrons. The van der Waals surface area contributed by atoms with E-state index in [0.717, 1.165) is 5.56 Å². The monoisotopic (exact) mass is 293 g/mol. The molecule has 0 aliphatic carbocycles. The highest BCUT2D eigenvalue weighted by molar-refractivity contribution is 5.88. The fraction of sp³-hybridized carbons (Fsp3) is 0.467. The van der Waals surface area contributed by atoms with Crippen molar-refractivity contribution in [1.82, 2.24) is 4.90 Å². The second-order valence-corrected chi connectivity index (χ2v) is 5.13. The number of carboxylic acid groups (broad SMARTS) is 1. The first-order chi connectivity index (χ1) is 9.97. The van der Waals surface area contributed by atoms with Crippen LogP contribution in [0.15, 0.2) is 18.2 Å². The Hall–Kier alpha value is -2.24. The zero-order valence-electron chi connectivity index (χ0n) is 12.3. The van der Waals surface area contributed by atoms with Gasteiger partial charge in [-0.3, -0.25) is 9.59 Å². The summed E-state index contributed by atoms with van der Waals surface area (Å²) in [6, 6.07) is 5.36. The molecule has 6 nitrogen and oxygen atoms in total. The summed E-state index contributed by atoms with van der Waals surface area (Å²) >= 11 is 0. The molecule has 6 heteroatoms. The molecule has 114 valence electrons. The number of rotatable bonds is 5. The van der Waals surface area contributed by atoms with Crippen molar-refractivity contribution >= 4 is 11.9 Å². The summed E-state index contributed by atoms with van der Waals surface area (Å²) < 4.78 is 10.4. The maximum Gasteiger partial charge on any atom is 0.309 e. The Morgan fingerprint density at radius 3 is 2.62 bits per heavy atom. The molecule has 1 fully saturated rings. The lowest BCUT2D eigenvalue weighted by atomic mass is 9.98. The van der Waals surface area contributed by atoms with Crippen molar-refractivity contribution in [3.63, 3.8) is 0 Å². The van der Waals surface area contributed by atoms with Gasteiger partial charge in [0.05, 0.1) is 26.1 Å². The largest absolute Gasteiger partial charge is 0.497 e. The number of hydrogen-bond acceptors (Lipinski definition) is 4. The maximum atomic E-state index is 12.1. The summed E-state index contributed by atoms with van der Waals surface area (Å²) in [6.45, 7) is 2.22. The number of carbonyl (C=O) groups is 2. The fourth-order valence-corrected chi connectivity index (χ4v) is 2.57. The summed E-state index contributed by atoms with van der Waals surface area (Å²) in [6.07, 6.45) is 0. The Morgan fingerprint density at radius 2 is 2.10 bits per heavy atom. The van der Waals surface area contributed by atoms with Crippen LogP contribution in [0.3, 0.4) is 0 Å². The van der Waals surface area contributed by atoms with Crippen molar-refractivity contribution in [1.29, 1.82) is 0 Å². The Bertz CT molecular complexity index is 557. The molecular weight excluding hydrogens is 274 g/mol. The van der Waals surface area contributed by atoms with E-state index in [1.54, 1.807) is 38.2 Å². The molecule has 2 rings (SSSR count). The lowest BCUT2D eigenvalue weighted by Gasteiger charge is -2.18. The van der Waals surface area contributed by atoms with Gasteiger partial charge < -0.3 is 19.5 Å². The predicted molar refractivity (Wildman–Crippen MR) is 75.3 cm³/mol. The van der Waals surface area contributed by atoms with E-state index < -0.39 is 17.8 Å². The van der Waals surface area contributed by atoms with Crippen LogP contribution in [-0.4, -0.2) is 42.6 Å². The standard InChI is InChI=1S/C15H19NO5/c1-9-12(15(18)19)8-16(14(9)17)7-10-4-5-11(20-2)6-13(10)21-3/h4-6,9,12H,7-8H2,1-3H3,(H,18,19)/t9-,12+/m0/s1. The summed E-state index contributed by atoms with van der Waals surface area (Å²) in [5, 5.41) is 9.13. The van der Waals surface area contributed by atoms with E-state index in [-0.39, 0.29) is 12.5 Å². The first-order valence-electron chi connectivity index (χ1n) is 6.70. The summed E-state index contributed by atoms with van der Waals surface area (Å²) in [4.78, 5) is 24.8. The topological polar surface area (TPSA) is 76.1 Å². The third-order valence-electron chi connectivity index (χ3n) is 3.89. The Kier molecular flexibility index (Phi) is 4.35. The molecule has 0 aromatic heterocycles. The predicted octanol–water partition coefficient (Wildman–Crippen LogP) is 1.38. The molecule has 1 aliphatic rings. The quantitative estimate of drug-likeness (QED) is 0.887. The summed E-state index contributed by atoms with van der Waals surface area (Å²) in [5.74, 6) is -0.928. The third-order valence-corrected chi connectivity index (χ3v) is 3.89. The van der Waals surface area contributed by atoms with Crippen molar-refractivity contribution < 1.29 is 24.2 Å².